The number of hydrogen-bond donors (Lipinski definition) is 0. The van der Waals surface area contributed by atoms with E-state index >= 15 is 0 Å². The molecule has 0 spiro atoms. The Labute approximate surface area is 80.5 Å². The van der Waals surface area contributed by atoms with Crippen LogP contribution in [0.5, 0.6) is 0 Å². The zero-order chi connectivity index (χ0) is 9.26. The first kappa shape index (κ1) is 9.02. The lowest BCUT2D eigenvalue weighted by atomic mass is 10.0. The van der Waals surface area contributed by atoms with Gasteiger partial charge in [-0.05, 0) is 26.2 Å². The van der Waals surface area contributed by atoms with Crippen LogP contribution in [0.2, 0.25) is 0 Å². The predicted molar refractivity (Wildman–Crippen MR) is 52.1 cm³/mol. The van der Waals surface area contributed by atoms with Crippen molar-refractivity contribution < 1.29 is 0 Å². The molecule has 2 nitrogen and oxygen atoms in total. The van der Waals surface area contributed by atoms with E-state index in [-0.39, 0.29) is 0 Å². The molecule has 1 saturated heterocycles. The molecular formula is C11H18N2. The SMILES string of the molecule is CC1C(C#N)CCN1C1CCCC1. The largest absolute Gasteiger partial charge is 0.296 e. The second-order valence-corrected chi connectivity index (χ2v) is 4.44. The van der Waals surface area contributed by atoms with Crippen molar-refractivity contribution in [2.24, 2.45) is 5.92 Å². The van der Waals surface area contributed by atoms with Crippen LogP contribution in [-0.2, 0) is 0 Å². The molecule has 0 aromatic rings. The molecule has 1 heterocycles. The molecular weight excluding hydrogens is 160 g/mol. The molecule has 72 valence electrons. The van der Waals surface area contributed by atoms with Crippen molar-refractivity contribution in [2.45, 2.75) is 51.1 Å². The molecule has 2 atom stereocenters. The highest BCUT2D eigenvalue weighted by Gasteiger charge is 2.35. The molecule has 0 N–H and O–H groups in total. The third kappa shape index (κ3) is 1.58. The van der Waals surface area contributed by atoms with Crippen molar-refractivity contribution in [3.05, 3.63) is 0 Å². The highest BCUT2D eigenvalue weighted by Crippen LogP contribution is 2.32. The summed E-state index contributed by atoms with van der Waals surface area (Å²) in [5.74, 6) is 0.292. The first-order valence-electron chi connectivity index (χ1n) is 5.48. The second-order valence-electron chi connectivity index (χ2n) is 4.44. The van der Waals surface area contributed by atoms with Gasteiger partial charge in [-0.2, -0.15) is 5.26 Å². The standard InChI is InChI=1S/C11H18N2/c1-9-10(8-12)6-7-13(9)11-4-2-3-5-11/h9-11H,2-7H2,1H3. The summed E-state index contributed by atoms with van der Waals surface area (Å²) in [5.41, 5.74) is 0. The van der Waals surface area contributed by atoms with Gasteiger partial charge in [0.2, 0.25) is 0 Å². The number of nitriles is 1. The molecule has 2 unspecified atom stereocenters. The van der Waals surface area contributed by atoms with Crippen LogP contribution in [0, 0.1) is 17.2 Å². The Kier molecular flexibility index (Phi) is 2.55. The maximum Gasteiger partial charge on any atom is 0.0672 e. The monoisotopic (exact) mass is 178 g/mol. The number of nitrogens with zero attached hydrogens (tertiary/aromatic N) is 2. The van der Waals surface area contributed by atoms with Crippen LogP contribution in [0.15, 0.2) is 0 Å². The lowest BCUT2D eigenvalue weighted by Gasteiger charge is -2.28. The van der Waals surface area contributed by atoms with E-state index in [0.29, 0.717) is 12.0 Å². The third-order valence-electron chi connectivity index (χ3n) is 3.76. The van der Waals surface area contributed by atoms with E-state index in [1.165, 1.54) is 25.7 Å². The molecule has 0 bridgehead atoms. The summed E-state index contributed by atoms with van der Waals surface area (Å²) >= 11 is 0. The van der Waals surface area contributed by atoms with Crippen molar-refractivity contribution in [3.8, 4) is 6.07 Å². The summed E-state index contributed by atoms with van der Waals surface area (Å²) in [5, 5.41) is 8.92. The first-order chi connectivity index (χ1) is 6.33. The van der Waals surface area contributed by atoms with Gasteiger partial charge in [-0.25, -0.2) is 0 Å². The van der Waals surface area contributed by atoms with E-state index < -0.39 is 0 Å². The molecule has 1 aliphatic heterocycles. The molecule has 0 aromatic heterocycles. The van der Waals surface area contributed by atoms with E-state index in [1.807, 2.05) is 0 Å². The van der Waals surface area contributed by atoms with Crippen LogP contribution in [0.25, 0.3) is 0 Å². The number of likely N-dealkylation sites (tertiary alicyclic amines) is 1. The van der Waals surface area contributed by atoms with E-state index in [1.54, 1.807) is 0 Å². The van der Waals surface area contributed by atoms with Gasteiger partial charge in [0.15, 0.2) is 0 Å². The second kappa shape index (κ2) is 3.67. The smallest absolute Gasteiger partial charge is 0.0672 e. The van der Waals surface area contributed by atoms with Crippen LogP contribution in [-0.4, -0.2) is 23.5 Å². The normalized spacial score (nSPS) is 36.6. The molecule has 0 amide bonds. The lowest BCUT2D eigenvalue weighted by Crippen LogP contribution is -2.37. The van der Waals surface area contributed by atoms with Gasteiger partial charge in [0, 0.05) is 18.6 Å². The van der Waals surface area contributed by atoms with E-state index in [9.17, 15) is 0 Å². The summed E-state index contributed by atoms with van der Waals surface area (Å²) in [6.45, 7) is 3.38. The van der Waals surface area contributed by atoms with Gasteiger partial charge < -0.3 is 0 Å². The van der Waals surface area contributed by atoms with Crippen molar-refractivity contribution in [1.29, 1.82) is 5.26 Å². The van der Waals surface area contributed by atoms with Gasteiger partial charge in [-0.15, -0.1) is 0 Å². The van der Waals surface area contributed by atoms with Gasteiger partial charge in [-0.1, -0.05) is 12.8 Å². The van der Waals surface area contributed by atoms with Crippen molar-refractivity contribution in [1.82, 2.24) is 4.90 Å². The van der Waals surface area contributed by atoms with Crippen LogP contribution in [0.1, 0.15) is 39.0 Å². The minimum Gasteiger partial charge on any atom is -0.296 e. The molecule has 1 saturated carbocycles. The molecule has 0 radical (unpaired) electrons. The van der Waals surface area contributed by atoms with Gasteiger partial charge >= 0.3 is 0 Å². The summed E-state index contributed by atoms with van der Waals surface area (Å²) < 4.78 is 0. The maximum absolute atomic E-state index is 8.92. The lowest BCUT2D eigenvalue weighted by molar-refractivity contribution is 0.184. The Bertz CT molecular complexity index is 213. The third-order valence-corrected chi connectivity index (χ3v) is 3.76. The summed E-state index contributed by atoms with van der Waals surface area (Å²) in [6, 6.07) is 3.73. The summed E-state index contributed by atoms with van der Waals surface area (Å²) in [7, 11) is 0. The fraction of sp³-hybridized carbons (Fsp3) is 0.909. The van der Waals surface area contributed by atoms with Crippen LogP contribution in [0.4, 0.5) is 0 Å². The molecule has 2 heteroatoms. The van der Waals surface area contributed by atoms with Crippen LogP contribution < -0.4 is 0 Å². The Morgan fingerprint density at radius 2 is 1.92 bits per heavy atom. The quantitative estimate of drug-likeness (QED) is 0.615. The first-order valence-corrected chi connectivity index (χ1v) is 5.48. The van der Waals surface area contributed by atoms with Crippen molar-refractivity contribution >= 4 is 0 Å². The number of hydrogen-bond acceptors (Lipinski definition) is 2. The minimum atomic E-state index is 0.292. The van der Waals surface area contributed by atoms with E-state index in [0.717, 1.165) is 19.0 Å². The fourth-order valence-electron chi connectivity index (χ4n) is 2.89. The highest BCUT2D eigenvalue weighted by molar-refractivity contribution is 4.99. The Hall–Kier alpha value is -0.550. The van der Waals surface area contributed by atoms with E-state index in [2.05, 4.69) is 17.9 Å². The van der Waals surface area contributed by atoms with Gasteiger partial charge in [-0.3, -0.25) is 4.90 Å². The van der Waals surface area contributed by atoms with Crippen LogP contribution in [0.3, 0.4) is 0 Å². The zero-order valence-corrected chi connectivity index (χ0v) is 8.37. The number of rotatable bonds is 1. The molecule has 13 heavy (non-hydrogen) atoms. The maximum atomic E-state index is 8.92. The minimum absolute atomic E-state index is 0.292. The molecule has 1 aliphatic carbocycles. The van der Waals surface area contributed by atoms with Crippen molar-refractivity contribution in [3.63, 3.8) is 0 Å². The topological polar surface area (TPSA) is 27.0 Å². The van der Waals surface area contributed by atoms with Gasteiger partial charge in [0.1, 0.15) is 0 Å². The average molecular weight is 178 g/mol. The Morgan fingerprint density at radius 3 is 2.46 bits per heavy atom. The average Bonchev–Trinajstić information content (AvgIpc) is 2.72. The predicted octanol–water partition coefficient (Wildman–Crippen LogP) is 2.16. The summed E-state index contributed by atoms with van der Waals surface area (Å²) in [4.78, 5) is 2.57. The van der Waals surface area contributed by atoms with Gasteiger partial charge in [0.25, 0.3) is 0 Å². The molecule has 0 aromatic carbocycles. The van der Waals surface area contributed by atoms with Crippen molar-refractivity contribution in [2.75, 3.05) is 6.54 Å². The fourth-order valence-corrected chi connectivity index (χ4v) is 2.89. The Morgan fingerprint density at radius 1 is 1.23 bits per heavy atom. The summed E-state index contributed by atoms with van der Waals surface area (Å²) in [6.07, 6.45) is 6.61. The van der Waals surface area contributed by atoms with E-state index in [4.69, 9.17) is 5.26 Å². The molecule has 2 rings (SSSR count). The molecule has 2 aliphatic rings. The van der Waals surface area contributed by atoms with Gasteiger partial charge in [0.05, 0.1) is 12.0 Å². The highest BCUT2D eigenvalue weighted by atomic mass is 15.2. The van der Waals surface area contributed by atoms with Crippen LogP contribution >= 0.6 is 0 Å². The molecule has 2 fully saturated rings. The zero-order valence-electron chi connectivity index (χ0n) is 8.37. The Balaban J connectivity index is 1.98.